The van der Waals surface area contributed by atoms with Gasteiger partial charge in [-0.25, -0.2) is 4.79 Å². The van der Waals surface area contributed by atoms with Crippen molar-refractivity contribution in [3.63, 3.8) is 0 Å². The van der Waals surface area contributed by atoms with Crippen molar-refractivity contribution in [2.24, 2.45) is 0 Å². The monoisotopic (exact) mass is 213 g/mol. The molecule has 2 amide bonds. The van der Waals surface area contributed by atoms with Gasteiger partial charge in [0.15, 0.2) is 0 Å². The first kappa shape index (κ1) is 12.3. The fraction of sp³-hybridized carbons (Fsp3) is 0.909. The first-order valence-corrected chi connectivity index (χ1v) is 5.80. The molecule has 0 aliphatic carbocycles. The molecule has 0 saturated carbocycles. The lowest BCUT2D eigenvalue weighted by molar-refractivity contribution is 0.114. The topological polar surface area (TPSA) is 26.8 Å². The van der Waals surface area contributed by atoms with Gasteiger partial charge in [0.2, 0.25) is 0 Å². The Labute approximate surface area is 92.8 Å². The van der Waals surface area contributed by atoms with E-state index < -0.39 is 0 Å². The number of likely N-dealkylation sites (N-methyl/N-ethyl adjacent to an activating group) is 1. The normalized spacial score (nSPS) is 18.3. The minimum atomic E-state index is 0.167. The molecule has 0 atom stereocenters. The van der Waals surface area contributed by atoms with Crippen LogP contribution in [0.25, 0.3) is 0 Å². The van der Waals surface area contributed by atoms with E-state index in [1.807, 2.05) is 30.7 Å². The van der Waals surface area contributed by atoms with Crippen molar-refractivity contribution in [1.29, 1.82) is 0 Å². The number of urea groups is 1. The number of rotatable bonds is 2. The van der Waals surface area contributed by atoms with E-state index >= 15 is 0 Å². The first-order chi connectivity index (χ1) is 7.06. The summed E-state index contributed by atoms with van der Waals surface area (Å²) < 4.78 is 0. The second-order valence-electron chi connectivity index (χ2n) is 4.41. The van der Waals surface area contributed by atoms with Gasteiger partial charge in [-0.15, -0.1) is 0 Å². The van der Waals surface area contributed by atoms with Gasteiger partial charge in [-0.1, -0.05) is 6.92 Å². The molecule has 1 rings (SSSR count). The Hall–Kier alpha value is -0.770. The van der Waals surface area contributed by atoms with E-state index in [0.29, 0.717) is 0 Å². The Morgan fingerprint density at radius 1 is 1.27 bits per heavy atom. The van der Waals surface area contributed by atoms with Crippen LogP contribution in [0.3, 0.4) is 0 Å². The molecule has 1 aliphatic heterocycles. The summed E-state index contributed by atoms with van der Waals surface area (Å²) >= 11 is 0. The average Bonchev–Trinajstić information content (AvgIpc) is 2.27. The van der Waals surface area contributed by atoms with E-state index in [2.05, 4.69) is 11.8 Å². The van der Waals surface area contributed by atoms with Crippen LogP contribution < -0.4 is 0 Å². The molecule has 1 aliphatic rings. The van der Waals surface area contributed by atoms with Gasteiger partial charge in [0.25, 0.3) is 0 Å². The van der Waals surface area contributed by atoms with Crippen molar-refractivity contribution in [3.8, 4) is 0 Å². The Bertz CT molecular complexity index is 210. The summed E-state index contributed by atoms with van der Waals surface area (Å²) in [7, 11) is 1.87. The highest BCUT2D eigenvalue weighted by Gasteiger charge is 2.23. The maximum atomic E-state index is 12.0. The van der Waals surface area contributed by atoms with Crippen LogP contribution in [0.4, 0.5) is 4.79 Å². The van der Waals surface area contributed by atoms with Gasteiger partial charge in [0.05, 0.1) is 0 Å². The van der Waals surface area contributed by atoms with Crippen LogP contribution in [0.5, 0.6) is 0 Å². The molecule has 0 aromatic carbocycles. The predicted molar refractivity (Wildman–Crippen MR) is 62.0 cm³/mol. The molecule has 4 nitrogen and oxygen atoms in total. The van der Waals surface area contributed by atoms with E-state index in [9.17, 15) is 4.79 Å². The fourth-order valence-corrected chi connectivity index (χ4v) is 1.70. The van der Waals surface area contributed by atoms with Crippen molar-refractivity contribution in [3.05, 3.63) is 0 Å². The Kier molecular flexibility index (Phi) is 4.39. The summed E-state index contributed by atoms with van der Waals surface area (Å²) in [6.45, 7) is 11.1. The molecule has 0 spiro atoms. The summed E-state index contributed by atoms with van der Waals surface area (Å²) in [5, 5.41) is 0. The number of amides is 2. The highest BCUT2D eigenvalue weighted by Crippen LogP contribution is 2.06. The van der Waals surface area contributed by atoms with E-state index in [1.54, 1.807) is 0 Å². The third-order valence-corrected chi connectivity index (χ3v) is 3.17. The molecule has 0 unspecified atom stereocenters. The van der Waals surface area contributed by atoms with Crippen LogP contribution in [0, 0.1) is 0 Å². The van der Waals surface area contributed by atoms with Crippen molar-refractivity contribution in [1.82, 2.24) is 14.7 Å². The smallest absolute Gasteiger partial charge is 0.320 e. The quantitative estimate of drug-likeness (QED) is 0.686. The van der Waals surface area contributed by atoms with Gasteiger partial charge >= 0.3 is 6.03 Å². The predicted octanol–water partition coefficient (Wildman–Crippen LogP) is 1.08. The molecule has 15 heavy (non-hydrogen) atoms. The number of hydrogen-bond acceptors (Lipinski definition) is 2. The summed E-state index contributed by atoms with van der Waals surface area (Å²) in [5.41, 5.74) is 0. The number of piperazine rings is 1. The number of nitrogens with zero attached hydrogens (tertiary/aromatic N) is 3. The lowest BCUT2D eigenvalue weighted by atomic mass is 10.3. The molecule has 88 valence electrons. The molecule has 0 aromatic heterocycles. The minimum absolute atomic E-state index is 0.167. The Morgan fingerprint density at radius 3 is 2.20 bits per heavy atom. The van der Waals surface area contributed by atoms with Gasteiger partial charge in [0.1, 0.15) is 0 Å². The first-order valence-electron chi connectivity index (χ1n) is 5.80. The van der Waals surface area contributed by atoms with E-state index in [-0.39, 0.29) is 12.1 Å². The van der Waals surface area contributed by atoms with Crippen LogP contribution in [0.2, 0.25) is 0 Å². The summed E-state index contributed by atoms with van der Waals surface area (Å²) in [6, 6.07) is 0.447. The van der Waals surface area contributed by atoms with Gasteiger partial charge in [-0.2, -0.15) is 0 Å². The molecule has 1 heterocycles. The van der Waals surface area contributed by atoms with Crippen LogP contribution in [-0.2, 0) is 0 Å². The second-order valence-corrected chi connectivity index (χ2v) is 4.41. The Balaban J connectivity index is 2.42. The molecule has 0 N–H and O–H groups in total. The average molecular weight is 213 g/mol. The number of carbonyl (C=O) groups is 1. The lowest BCUT2D eigenvalue weighted by Gasteiger charge is -2.37. The van der Waals surface area contributed by atoms with E-state index in [1.165, 1.54) is 0 Å². The highest BCUT2D eigenvalue weighted by molar-refractivity contribution is 5.74. The van der Waals surface area contributed by atoms with Crippen molar-refractivity contribution in [2.75, 3.05) is 39.8 Å². The van der Waals surface area contributed by atoms with Crippen molar-refractivity contribution >= 4 is 6.03 Å². The summed E-state index contributed by atoms with van der Waals surface area (Å²) in [5.74, 6) is 0. The Morgan fingerprint density at radius 2 is 1.80 bits per heavy atom. The highest BCUT2D eigenvalue weighted by atomic mass is 16.2. The second kappa shape index (κ2) is 5.35. The lowest BCUT2D eigenvalue weighted by Crippen LogP contribution is -2.53. The van der Waals surface area contributed by atoms with E-state index in [4.69, 9.17) is 0 Å². The van der Waals surface area contributed by atoms with Gasteiger partial charge < -0.3 is 14.7 Å². The van der Waals surface area contributed by atoms with Crippen molar-refractivity contribution < 1.29 is 4.79 Å². The zero-order chi connectivity index (χ0) is 11.4. The van der Waals surface area contributed by atoms with Crippen LogP contribution in [0.1, 0.15) is 20.8 Å². The molecular weight excluding hydrogens is 190 g/mol. The third-order valence-electron chi connectivity index (χ3n) is 3.17. The van der Waals surface area contributed by atoms with Gasteiger partial charge in [-0.05, 0) is 20.4 Å². The summed E-state index contributed by atoms with van der Waals surface area (Å²) in [6.07, 6.45) is 0. The SMILES string of the molecule is CCN1CCN(C(=O)N(C)C(C)C)CC1. The van der Waals surface area contributed by atoms with Gasteiger partial charge in [-0.3, -0.25) is 0 Å². The molecule has 0 radical (unpaired) electrons. The van der Waals surface area contributed by atoms with Crippen molar-refractivity contribution in [2.45, 2.75) is 26.8 Å². The zero-order valence-electron chi connectivity index (χ0n) is 10.4. The molecule has 0 aromatic rings. The zero-order valence-corrected chi connectivity index (χ0v) is 10.4. The van der Waals surface area contributed by atoms with Crippen LogP contribution >= 0.6 is 0 Å². The number of hydrogen-bond donors (Lipinski definition) is 0. The maximum Gasteiger partial charge on any atom is 0.320 e. The largest absolute Gasteiger partial charge is 0.325 e. The fourth-order valence-electron chi connectivity index (χ4n) is 1.70. The standard InChI is InChI=1S/C11H23N3O/c1-5-13-6-8-14(9-7-13)11(15)12(4)10(2)3/h10H,5-9H2,1-4H3. The molecule has 1 saturated heterocycles. The third kappa shape index (κ3) is 3.09. The van der Waals surface area contributed by atoms with Crippen LogP contribution in [-0.4, -0.2) is 66.5 Å². The maximum absolute atomic E-state index is 12.0. The molecule has 0 bridgehead atoms. The number of carbonyl (C=O) groups excluding carboxylic acids is 1. The molecule has 1 fully saturated rings. The van der Waals surface area contributed by atoms with Crippen LogP contribution in [0.15, 0.2) is 0 Å². The van der Waals surface area contributed by atoms with Gasteiger partial charge in [0, 0.05) is 39.3 Å². The van der Waals surface area contributed by atoms with E-state index in [0.717, 1.165) is 32.7 Å². The minimum Gasteiger partial charge on any atom is -0.325 e. The molecular formula is C11H23N3O. The molecule has 4 heteroatoms. The summed E-state index contributed by atoms with van der Waals surface area (Å²) in [4.78, 5) is 18.1.